The lowest BCUT2D eigenvalue weighted by Gasteiger charge is -2.08. The number of nitrogens with two attached hydrogens (primary N) is 1. The zero-order chi connectivity index (χ0) is 14.5. The molecular formula is C15H14BrFN2O. The summed E-state index contributed by atoms with van der Waals surface area (Å²) in [6.07, 6.45) is 0. The molecule has 104 valence electrons. The van der Waals surface area contributed by atoms with E-state index in [1.54, 1.807) is 6.07 Å². The van der Waals surface area contributed by atoms with E-state index in [1.165, 1.54) is 6.07 Å². The average molecular weight is 337 g/mol. The fourth-order valence-corrected chi connectivity index (χ4v) is 2.24. The summed E-state index contributed by atoms with van der Waals surface area (Å²) in [6.45, 7) is 1.00. The van der Waals surface area contributed by atoms with Crippen LogP contribution in [-0.2, 0) is 13.1 Å². The molecule has 0 saturated carbocycles. The Morgan fingerprint density at radius 1 is 1.15 bits per heavy atom. The number of primary amides is 1. The van der Waals surface area contributed by atoms with E-state index in [2.05, 4.69) is 21.2 Å². The highest BCUT2D eigenvalue weighted by Crippen LogP contribution is 2.16. The maximum absolute atomic E-state index is 13.8. The van der Waals surface area contributed by atoms with Crippen LogP contribution in [0.3, 0.4) is 0 Å². The van der Waals surface area contributed by atoms with Crippen molar-refractivity contribution in [2.75, 3.05) is 0 Å². The molecule has 2 aromatic rings. The first-order valence-electron chi connectivity index (χ1n) is 6.10. The molecule has 3 N–H and O–H groups in total. The highest BCUT2D eigenvalue weighted by Gasteiger charge is 2.07. The Hall–Kier alpha value is -1.72. The van der Waals surface area contributed by atoms with E-state index < -0.39 is 11.7 Å². The number of hydrogen-bond acceptors (Lipinski definition) is 2. The number of carbonyl (C=O) groups excluding carboxylic acids is 1. The van der Waals surface area contributed by atoms with Gasteiger partial charge in [0.15, 0.2) is 0 Å². The molecule has 1 amide bonds. The van der Waals surface area contributed by atoms with Crippen LogP contribution in [0, 0.1) is 5.82 Å². The smallest absolute Gasteiger partial charge is 0.248 e. The highest BCUT2D eigenvalue weighted by molar-refractivity contribution is 9.10. The Balaban J connectivity index is 1.98. The molecule has 0 unspecified atom stereocenters. The SMILES string of the molecule is NC(=O)c1ccc(CNCc2ccccc2Br)c(F)c1. The third-order valence-electron chi connectivity index (χ3n) is 2.93. The van der Waals surface area contributed by atoms with Gasteiger partial charge in [-0.15, -0.1) is 0 Å². The van der Waals surface area contributed by atoms with Gasteiger partial charge in [-0.2, -0.15) is 0 Å². The molecule has 3 nitrogen and oxygen atoms in total. The molecule has 0 aliphatic rings. The molecule has 0 heterocycles. The minimum Gasteiger partial charge on any atom is -0.366 e. The van der Waals surface area contributed by atoms with Crippen molar-refractivity contribution in [2.45, 2.75) is 13.1 Å². The molecule has 0 aliphatic carbocycles. The van der Waals surface area contributed by atoms with Crippen LogP contribution in [0.25, 0.3) is 0 Å². The van der Waals surface area contributed by atoms with Crippen LogP contribution in [-0.4, -0.2) is 5.91 Å². The number of benzene rings is 2. The van der Waals surface area contributed by atoms with Crippen LogP contribution in [0.5, 0.6) is 0 Å². The first-order chi connectivity index (χ1) is 9.58. The lowest BCUT2D eigenvalue weighted by atomic mass is 10.1. The lowest BCUT2D eigenvalue weighted by Crippen LogP contribution is -2.15. The highest BCUT2D eigenvalue weighted by atomic mass is 79.9. The van der Waals surface area contributed by atoms with Crippen LogP contribution >= 0.6 is 15.9 Å². The van der Waals surface area contributed by atoms with Crippen molar-refractivity contribution < 1.29 is 9.18 Å². The molecule has 2 rings (SSSR count). The minimum absolute atomic E-state index is 0.178. The zero-order valence-corrected chi connectivity index (χ0v) is 12.3. The van der Waals surface area contributed by atoms with Crippen molar-refractivity contribution in [1.29, 1.82) is 0 Å². The van der Waals surface area contributed by atoms with Gasteiger partial charge in [-0.25, -0.2) is 4.39 Å². The van der Waals surface area contributed by atoms with Gasteiger partial charge in [0.25, 0.3) is 0 Å². The van der Waals surface area contributed by atoms with Crippen LogP contribution in [0.4, 0.5) is 4.39 Å². The van der Waals surface area contributed by atoms with E-state index in [-0.39, 0.29) is 5.56 Å². The van der Waals surface area contributed by atoms with E-state index in [1.807, 2.05) is 24.3 Å². The van der Waals surface area contributed by atoms with Crippen molar-refractivity contribution in [1.82, 2.24) is 5.32 Å². The van der Waals surface area contributed by atoms with Crippen molar-refractivity contribution in [3.05, 3.63) is 69.4 Å². The van der Waals surface area contributed by atoms with Gasteiger partial charge in [-0.1, -0.05) is 40.2 Å². The number of carbonyl (C=O) groups is 1. The van der Waals surface area contributed by atoms with Gasteiger partial charge < -0.3 is 11.1 Å². The topological polar surface area (TPSA) is 55.1 Å². The Kier molecular flexibility index (Phi) is 4.87. The Morgan fingerprint density at radius 2 is 1.85 bits per heavy atom. The van der Waals surface area contributed by atoms with E-state index >= 15 is 0 Å². The van der Waals surface area contributed by atoms with Crippen molar-refractivity contribution in [2.24, 2.45) is 5.73 Å². The summed E-state index contributed by atoms with van der Waals surface area (Å²) >= 11 is 3.46. The number of amides is 1. The van der Waals surface area contributed by atoms with Gasteiger partial charge in [0.05, 0.1) is 0 Å². The Morgan fingerprint density at radius 3 is 2.50 bits per heavy atom. The first-order valence-corrected chi connectivity index (χ1v) is 6.89. The second kappa shape index (κ2) is 6.63. The van der Waals surface area contributed by atoms with Gasteiger partial charge in [0, 0.05) is 28.7 Å². The van der Waals surface area contributed by atoms with Gasteiger partial charge in [0.1, 0.15) is 5.82 Å². The number of rotatable bonds is 5. The summed E-state index contributed by atoms with van der Waals surface area (Å²) in [5.41, 5.74) is 6.88. The van der Waals surface area contributed by atoms with E-state index in [4.69, 9.17) is 5.73 Å². The second-order valence-corrected chi connectivity index (χ2v) is 5.22. The van der Waals surface area contributed by atoms with Gasteiger partial charge in [-0.05, 0) is 23.8 Å². The van der Waals surface area contributed by atoms with Crippen LogP contribution < -0.4 is 11.1 Å². The Labute approximate surface area is 125 Å². The predicted octanol–water partition coefficient (Wildman–Crippen LogP) is 2.98. The molecule has 0 bridgehead atoms. The molecule has 0 saturated heterocycles. The fraction of sp³-hybridized carbons (Fsp3) is 0.133. The molecule has 0 fully saturated rings. The average Bonchev–Trinajstić information content (AvgIpc) is 2.42. The molecule has 5 heteroatoms. The summed E-state index contributed by atoms with van der Waals surface area (Å²) in [4.78, 5) is 10.9. The molecule has 0 aromatic heterocycles. The minimum atomic E-state index is -0.628. The predicted molar refractivity (Wildman–Crippen MR) is 79.6 cm³/mol. The monoisotopic (exact) mass is 336 g/mol. The molecule has 0 atom stereocenters. The van der Waals surface area contributed by atoms with Gasteiger partial charge in [0.2, 0.25) is 5.91 Å². The summed E-state index contributed by atoms with van der Waals surface area (Å²) in [5, 5.41) is 3.16. The third kappa shape index (κ3) is 3.65. The number of nitrogens with one attached hydrogen (secondary N) is 1. The zero-order valence-electron chi connectivity index (χ0n) is 10.7. The maximum Gasteiger partial charge on any atom is 0.248 e. The summed E-state index contributed by atoms with van der Waals surface area (Å²) in [6, 6.07) is 12.1. The van der Waals surface area contributed by atoms with Gasteiger partial charge in [-0.3, -0.25) is 4.79 Å². The summed E-state index contributed by atoms with van der Waals surface area (Å²) in [7, 11) is 0. The summed E-state index contributed by atoms with van der Waals surface area (Å²) in [5.74, 6) is -1.06. The summed E-state index contributed by atoms with van der Waals surface area (Å²) < 4.78 is 14.8. The van der Waals surface area contributed by atoms with Crippen LogP contribution in [0.2, 0.25) is 0 Å². The molecule has 0 spiro atoms. The molecule has 0 radical (unpaired) electrons. The molecular weight excluding hydrogens is 323 g/mol. The number of halogens is 2. The van der Waals surface area contributed by atoms with Crippen molar-refractivity contribution in [3.63, 3.8) is 0 Å². The van der Waals surface area contributed by atoms with E-state index in [0.717, 1.165) is 16.1 Å². The van der Waals surface area contributed by atoms with E-state index in [9.17, 15) is 9.18 Å². The maximum atomic E-state index is 13.8. The molecule has 0 aliphatic heterocycles. The largest absolute Gasteiger partial charge is 0.366 e. The lowest BCUT2D eigenvalue weighted by molar-refractivity contribution is 0.1000. The van der Waals surface area contributed by atoms with Crippen molar-refractivity contribution >= 4 is 21.8 Å². The van der Waals surface area contributed by atoms with Crippen LogP contribution in [0.15, 0.2) is 46.9 Å². The van der Waals surface area contributed by atoms with Gasteiger partial charge >= 0.3 is 0 Å². The molecule has 20 heavy (non-hydrogen) atoms. The standard InChI is InChI=1S/C15H14BrFN2O/c16-13-4-2-1-3-11(13)8-19-9-12-6-5-10(15(18)20)7-14(12)17/h1-7,19H,8-9H2,(H2,18,20). The Bertz CT molecular complexity index is 631. The quantitative estimate of drug-likeness (QED) is 0.881. The first kappa shape index (κ1) is 14.7. The fourth-order valence-electron chi connectivity index (χ4n) is 1.82. The van der Waals surface area contributed by atoms with E-state index in [0.29, 0.717) is 18.7 Å². The normalized spacial score (nSPS) is 10.5. The third-order valence-corrected chi connectivity index (χ3v) is 3.70. The van der Waals surface area contributed by atoms with Crippen molar-refractivity contribution in [3.8, 4) is 0 Å². The molecule has 2 aromatic carbocycles. The van der Waals surface area contributed by atoms with Crippen LogP contribution in [0.1, 0.15) is 21.5 Å². The number of hydrogen-bond donors (Lipinski definition) is 2. The second-order valence-electron chi connectivity index (χ2n) is 4.37.